The van der Waals surface area contributed by atoms with Gasteiger partial charge < -0.3 is 15.1 Å². The van der Waals surface area contributed by atoms with Crippen molar-refractivity contribution in [3.05, 3.63) is 36.1 Å². The average molecular weight is 319 g/mol. The van der Waals surface area contributed by atoms with Crippen LogP contribution in [0.4, 0.5) is 0 Å². The summed E-state index contributed by atoms with van der Waals surface area (Å²) < 4.78 is 5.90. The second kappa shape index (κ2) is 8.73. The van der Waals surface area contributed by atoms with Crippen molar-refractivity contribution < 1.29 is 4.42 Å². The molecule has 0 radical (unpaired) electrons. The van der Waals surface area contributed by atoms with E-state index in [0.29, 0.717) is 0 Å². The van der Waals surface area contributed by atoms with Crippen LogP contribution in [0.3, 0.4) is 0 Å². The van der Waals surface area contributed by atoms with E-state index in [1.807, 2.05) is 30.0 Å². The van der Waals surface area contributed by atoms with Crippen molar-refractivity contribution in [3.63, 3.8) is 0 Å². The van der Waals surface area contributed by atoms with Crippen molar-refractivity contribution in [1.29, 1.82) is 0 Å². The van der Waals surface area contributed by atoms with E-state index < -0.39 is 0 Å². The molecule has 4 nitrogen and oxygen atoms in total. The molecule has 1 aromatic heterocycles. The highest BCUT2D eigenvalue weighted by molar-refractivity contribution is 7.98. The Bertz CT molecular complexity index is 576. The van der Waals surface area contributed by atoms with Crippen LogP contribution in [0.15, 0.2) is 39.7 Å². The summed E-state index contributed by atoms with van der Waals surface area (Å²) in [6, 6.07) is 10.2. The molecule has 0 aliphatic carbocycles. The highest BCUT2D eigenvalue weighted by Crippen LogP contribution is 2.23. The van der Waals surface area contributed by atoms with Crippen LogP contribution in [-0.2, 0) is 0 Å². The van der Waals surface area contributed by atoms with Crippen molar-refractivity contribution in [2.24, 2.45) is 4.99 Å². The molecular formula is C17H25N3OS. The van der Waals surface area contributed by atoms with Gasteiger partial charge in [0.05, 0.1) is 6.04 Å². The van der Waals surface area contributed by atoms with Gasteiger partial charge in [-0.05, 0) is 44.4 Å². The van der Waals surface area contributed by atoms with Gasteiger partial charge in [-0.25, -0.2) is 0 Å². The van der Waals surface area contributed by atoms with E-state index in [1.54, 1.807) is 0 Å². The van der Waals surface area contributed by atoms with Crippen LogP contribution in [-0.4, -0.2) is 31.1 Å². The smallest absolute Gasteiger partial charge is 0.191 e. The van der Waals surface area contributed by atoms with E-state index in [4.69, 9.17) is 4.42 Å². The first kappa shape index (κ1) is 16.7. The van der Waals surface area contributed by atoms with Gasteiger partial charge in [-0.3, -0.25) is 4.99 Å². The van der Waals surface area contributed by atoms with Gasteiger partial charge in [0.25, 0.3) is 0 Å². The first-order chi connectivity index (χ1) is 10.7. The van der Waals surface area contributed by atoms with Crippen molar-refractivity contribution in [3.8, 4) is 0 Å². The molecule has 0 fully saturated rings. The molecule has 5 heteroatoms. The molecule has 0 bridgehead atoms. The minimum absolute atomic E-state index is 0.0748. The monoisotopic (exact) mass is 319 g/mol. The zero-order chi connectivity index (χ0) is 15.8. The molecule has 0 aliphatic heterocycles. The van der Waals surface area contributed by atoms with E-state index in [9.17, 15) is 0 Å². The van der Waals surface area contributed by atoms with Gasteiger partial charge in [-0.1, -0.05) is 18.2 Å². The van der Waals surface area contributed by atoms with Gasteiger partial charge in [0.2, 0.25) is 0 Å². The third kappa shape index (κ3) is 4.70. The molecule has 0 amide bonds. The van der Waals surface area contributed by atoms with Crippen LogP contribution in [0.1, 0.15) is 32.1 Å². The number of hydrogen-bond donors (Lipinski definition) is 2. The maximum Gasteiger partial charge on any atom is 0.191 e. The van der Waals surface area contributed by atoms with Crippen LogP contribution in [0.5, 0.6) is 0 Å². The van der Waals surface area contributed by atoms with Gasteiger partial charge in [0.15, 0.2) is 5.96 Å². The number of furan rings is 1. The van der Waals surface area contributed by atoms with Crippen molar-refractivity contribution in [1.82, 2.24) is 10.6 Å². The quantitative estimate of drug-likeness (QED) is 0.463. The predicted molar refractivity (Wildman–Crippen MR) is 96.7 cm³/mol. The minimum atomic E-state index is 0.0748. The molecule has 1 aromatic carbocycles. The lowest BCUT2D eigenvalue weighted by molar-refractivity contribution is 0.488. The summed E-state index contributed by atoms with van der Waals surface area (Å²) in [7, 11) is 0. The number of para-hydroxylation sites is 1. The van der Waals surface area contributed by atoms with Crippen LogP contribution >= 0.6 is 11.8 Å². The summed E-state index contributed by atoms with van der Waals surface area (Å²) in [5, 5.41) is 7.83. The molecule has 22 heavy (non-hydrogen) atoms. The van der Waals surface area contributed by atoms with Crippen LogP contribution in [0.25, 0.3) is 11.0 Å². The number of nitrogens with zero attached hydrogens (tertiary/aromatic N) is 1. The van der Waals surface area contributed by atoms with Crippen molar-refractivity contribution >= 4 is 28.7 Å². The molecule has 2 rings (SSSR count). The molecule has 0 spiro atoms. The van der Waals surface area contributed by atoms with E-state index in [0.717, 1.165) is 48.0 Å². The second-order valence-corrected chi connectivity index (χ2v) is 6.15. The fourth-order valence-corrected chi connectivity index (χ4v) is 2.63. The summed E-state index contributed by atoms with van der Waals surface area (Å²) >= 11 is 1.85. The van der Waals surface area contributed by atoms with Gasteiger partial charge in [0.1, 0.15) is 11.3 Å². The molecule has 1 heterocycles. The van der Waals surface area contributed by atoms with Gasteiger partial charge in [-0.15, -0.1) is 0 Å². The lowest BCUT2D eigenvalue weighted by Crippen LogP contribution is -2.38. The van der Waals surface area contributed by atoms with E-state index in [1.165, 1.54) is 0 Å². The van der Waals surface area contributed by atoms with E-state index >= 15 is 0 Å². The van der Waals surface area contributed by atoms with Crippen molar-refractivity contribution in [2.45, 2.75) is 26.3 Å². The number of thioether (sulfide) groups is 1. The third-order valence-corrected chi connectivity index (χ3v) is 4.04. The molecule has 120 valence electrons. The van der Waals surface area contributed by atoms with Crippen LogP contribution < -0.4 is 10.6 Å². The summed E-state index contributed by atoms with van der Waals surface area (Å²) in [4.78, 5) is 4.61. The Kier molecular flexibility index (Phi) is 6.65. The Morgan fingerprint density at radius 3 is 2.91 bits per heavy atom. The van der Waals surface area contributed by atoms with E-state index in [-0.39, 0.29) is 6.04 Å². The minimum Gasteiger partial charge on any atom is -0.459 e. The summed E-state index contributed by atoms with van der Waals surface area (Å²) in [5.74, 6) is 2.91. The maximum absolute atomic E-state index is 5.90. The third-order valence-electron chi connectivity index (χ3n) is 3.35. The predicted octanol–water partition coefficient (Wildman–Crippen LogP) is 3.80. The zero-order valence-electron chi connectivity index (χ0n) is 13.6. The molecule has 0 aliphatic rings. The number of hydrogen-bond acceptors (Lipinski definition) is 3. The molecule has 2 aromatic rings. The molecular weight excluding hydrogens is 294 g/mol. The second-order valence-electron chi connectivity index (χ2n) is 5.16. The SMILES string of the molecule is CCNC(=NCCCSC)NC(C)c1cc2ccccc2o1. The first-order valence-corrected chi connectivity index (χ1v) is 9.16. The van der Waals surface area contributed by atoms with Crippen LogP contribution in [0, 0.1) is 0 Å². The Morgan fingerprint density at radius 1 is 1.36 bits per heavy atom. The normalized spacial score (nSPS) is 13.3. The lowest BCUT2D eigenvalue weighted by Gasteiger charge is -2.16. The number of aliphatic imine (C=N–C) groups is 1. The number of rotatable bonds is 7. The van der Waals surface area contributed by atoms with Gasteiger partial charge >= 0.3 is 0 Å². The lowest BCUT2D eigenvalue weighted by atomic mass is 10.2. The highest BCUT2D eigenvalue weighted by atomic mass is 32.2. The number of guanidine groups is 1. The first-order valence-electron chi connectivity index (χ1n) is 7.77. The Morgan fingerprint density at radius 2 is 2.18 bits per heavy atom. The summed E-state index contributed by atoms with van der Waals surface area (Å²) in [5.41, 5.74) is 0.924. The van der Waals surface area contributed by atoms with Gasteiger partial charge in [-0.2, -0.15) is 11.8 Å². The number of benzene rings is 1. The topological polar surface area (TPSA) is 49.6 Å². The number of fused-ring (bicyclic) bond motifs is 1. The summed E-state index contributed by atoms with van der Waals surface area (Å²) in [6.07, 6.45) is 3.22. The highest BCUT2D eigenvalue weighted by Gasteiger charge is 2.12. The largest absolute Gasteiger partial charge is 0.459 e. The molecule has 0 saturated heterocycles. The Hall–Kier alpha value is -1.62. The molecule has 0 saturated carbocycles. The zero-order valence-corrected chi connectivity index (χ0v) is 14.4. The molecule has 1 atom stereocenters. The van der Waals surface area contributed by atoms with Crippen LogP contribution in [0.2, 0.25) is 0 Å². The average Bonchev–Trinajstić information content (AvgIpc) is 2.96. The fourth-order valence-electron chi connectivity index (χ4n) is 2.21. The molecule has 1 unspecified atom stereocenters. The number of nitrogens with one attached hydrogen (secondary N) is 2. The molecule has 2 N–H and O–H groups in total. The summed E-state index contributed by atoms with van der Waals surface area (Å²) in [6.45, 7) is 5.85. The standard InChI is InChI=1S/C17H25N3OS/c1-4-18-17(19-10-7-11-22-3)20-13(2)16-12-14-8-5-6-9-15(14)21-16/h5-6,8-9,12-13H,4,7,10-11H2,1-3H3,(H2,18,19,20). The van der Waals surface area contributed by atoms with Crippen molar-refractivity contribution in [2.75, 3.05) is 25.1 Å². The Labute approximate surface area is 136 Å². The van der Waals surface area contributed by atoms with E-state index in [2.05, 4.69) is 47.9 Å². The Balaban J connectivity index is 2.01. The fraction of sp³-hybridized carbons (Fsp3) is 0.471. The maximum atomic E-state index is 5.90. The van der Waals surface area contributed by atoms with Gasteiger partial charge in [0, 0.05) is 18.5 Å².